The molecule has 1 fully saturated rings. The van der Waals surface area contributed by atoms with E-state index < -0.39 is 5.97 Å². The Morgan fingerprint density at radius 1 is 1.29 bits per heavy atom. The number of hydrazine groups is 1. The number of carboxylic acid groups (broad SMARTS) is 1. The highest BCUT2D eigenvalue weighted by Crippen LogP contribution is 2.41. The molecule has 0 spiro atoms. The Morgan fingerprint density at radius 2 is 2.03 bits per heavy atom. The fraction of sp³-hybridized carbons (Fsp3) is 0.409. The van der Waals surface area contributed by atoms with Crippen LogP contribution < -0.4 is 20.3 Å². The average molecular weight is 442 g/mol. The molecule has 8 nitrogen and oxygen atoms in total. The summed E-state index contributed by atoms with van der Waals surface area (Å²) in [5.41, 5.74) is 7.90. The lowest BCUT2D eigenvalue weighted by atomic mass is 9.91. The molecule has 3 N–H and O–H groups in total. The van der Waals surface area contributed by atoms with Crippen LogP contribution in [0.1, 0.15) is 24.0 Å². The van der Waals surface area contributed by atoms with Gasteiger partial charge in [0.05, 0.1) is 25.2 Å². The normalized spacial score (nSPS) is 24.5. The molecular weight excluding hydrogens is 412 g/mol. The van der Waals surface area contributed by atoms with E-state index >= 15 is 0 Å². The molecule has 0 radical (unpaired) electrons. The van der Waals surface area contributed by atoms with E-state index in [9.17, 15) is 9.90 Å². The van der Waals surface area contributed by atoms with Gasteiger partial charge in [-0.3, -0.25) is 4.48 Å². The minimum atomic E-state index is -0.704. The van der Waals surface area contributed by atoms with Gasteiger partial charge in [-0.05, 0) is 32.0 Å². The van der Waals surface area contributed by atoms with Gasteiger partial charge in [0.1, 0.15) is 5.69 Å². The Morgan fingerprint density at radius 3 is 2.65 bits per heavy atom. The topological polar surface area (TPSA) is 89.3 Å². The van der Waals surface area contributed by atoms with Gasteiger partial charge in [0.2, 0.25) is 5.50 Å². The van der Waals surface area contributed by atoms with Crippen molar-refractivity contribution in [2.45, 2.75) is 38.2 Å². The van der Waals surface area contributed by atoms with Gasteiger partial charge in [-0.25, -0.2) is 9.80 Å². The molecule has 31 heavy (non-hydrogen) atoms. The monoisotopic (exact) mass is 441 g/mol. The number of thiol groups is 1. The zero-order valence-electron chi connectivity index (χ0n) is 17.8. The van der Waals surface area contributed by atoms with Crippen molar-refractivity contribution in [3.8, 4) is 0 Å². The summed E-state index contributed by atoms with van der Waals surface area (Å²) in [4.78, 5) is 12.0. The Bertz CT molecular complexity index is 979. The molecular formula is C22H29N6O2S+. The van der Waals surface area contributed by atoms with Crippen LogP contribution in [0.5, 0.6) is 0 Å². The SMILES string of the molecule is Cc1cccc(C)c1[N+]1(CCCNc2cccc(N3NN=NC3S)c2)CCC1C(=O)O. The summed E-state index contributed by atoms with van der Waals surface area (Å²) >= 11 is 4.38. The number of benzene rings is 2. The maximum absolute atomic E-state index is 12.0. The van der Waals surface area contributed by atoms with Crippen molar-refractivity contribution in [1.29, 1.82) is 0 Å². The number of nitrogens with one attached hydrogen (secondary N) is 2. The van der Waals surface area contributed by atoms with Gasteiger partial charge < -0.3 is 10.4 Å². The third-order valence-corrected chi connectivity index (χ3v) is 6.63. The Labute approximate surface area is 187 Å². The number of aliphatic carboxylic acids is 1. The van der Waals surface area contributed by atoms with Gasteiger partial charge in [-0.1, -0.05) is 29.5 Å². The molecule has 2 aliphatic rings. The van der Waals surface area contributed by atoms with Crippen LogP contribution in [0.15, 0.2) is 52.8 Å². The molecule has 0 aromatic heterocycles. The first-order valence-corrected chi connectivity index (χ1v) is 11.1. The van der Waals surface area contributed by atoms with Gasteiger partial charge in [-0.15, -0.1) is 17.7 Å². The number of hydrogen-bond acceptors (Lipinski definition) is 7. The second-order valence-corrected chi connectivity index (χ2v) is 8.69. The number of quaternary nitrogens is 1. The smallest absolute Gasteiger partial charge is 0.363 e. The van der Waals surface area contributed by atoms with Crippen LogP contribution >= 0.6 is 12.6 Å². The fourth-order valence-electron chi connectivity index (χ4n) is 4.84. The number of para-hydroxylation sites is 1. The highest BCUT2D eigenvalue weighted by Gasteiger charge is 2.53. The molecule has 3 atom stereocenters. The summed E-state index contributed by atoms with van der Waals surface area (Å²) in [7, 11) is 0. The summed E-state index contributed by atoms with van der Waals surface area (Å²) in [6.07, 6.45) is 1.59. The molecule has 2 heterocycles. The predicted octanol–water partition coefficient (Wildman–Crippen LogP) is 3.88. The van der Waals surface area contributed by atoms with E-state index in [2.05, 4.69) is 59.8 Å². The number of carboxylic acids is 1. The molecule has 0 saturated carbocycles. The van der Waals surface area contributed by atoms with Crippen LogP contribution in [0, 0.1) is 13.8 Å². The van der Waals surface area contributed by atoms with E-state index in [0.29, 0.717) is 4.48 Å². The minimum Gasteiger partial charge on any atom is -0.477 e. The zero-order chi connectivity index (χ0) is 22.0. The fourth-order valence-corrected chi connectivity index (χ4v) is 5.08. The van der Waals surface area contributed by atoms with E-state index in [1.54, 1.807) is 5.01 Å². The highest BCUT2D eigenvalue weighted by molar-refractivity contribution is 7.81. The Hall–Kier alpha value is -2.78. The van der Waals surface area contributed by atoms with Crippen molar-refractivity contribution in [2.24, 2.45) is 10.3 Å². The van der Waals surface area contributed by atoms with Crippen LogP contribution in [0.3, 0.4) is 0 Å². The number of aryl methyl sites for hydroxylation is 2. The van der Waals surface area contributed by atoms with E-state index in [0.717, 1.165) is 43.9 Å². The predicted molar refractivity (Wildman–Crippen MR) is 126 cm³/mol. The van der Waals surface area contributed by atoms with Gasteiger partial charge in [-0.2, -0.15) is 5.53 Å². The molecule has 164 valence electrons. The standard InChI is InChI=1S/C22H28N6O2S/c1-15-6-3-7-16(2)20(15)28(13-10-19(28)21(29)30)12-5-11-23-17-8-4-9-18(14-17)27-22(31)24-25-26-27/h3-4,6-9,14,19,22-23H,5,10-13H2,1-2H3,(H2-,24,26,29,30,31)/p+1. The summed E-state index contributed by atoms with van der Waals surface area (Å²) in [5.74, 6) is -0.704. The van der Waals surface area contributed by atoms with Crippen LogP contribution in [0.4, 0.5) is 17.1 Å². The lowest BCUT2D eigenvalue weighted by Gasteiger charge is -2.51. The van der Waals surface area contributed by atoms with Crippen LogP contribution in [-0.2, 0) is 4.79 Å². The van der Waals surface area contributed by atoms with Crippen molar-refractivity contribution in [2.75, 3.05) is 30.0 Å². The first-order valence-electron chi connectivity index (χ1n) is 10.6. The third-order valence-electron chi connectivity index (χ3n) is 6.30. The van der Waals surface area contributed by atoms with Crippen molar-refractivity contribution in [1.82, 2.24) is 10.0 Å². The molecule has 0 amide bonds. The summed E-state index contributed by atoms with van der Waals surface area (Å²) in [5, 5.41) is 22.8. The largest absolute Gasteiger partial charge is 0.477 e. The minimum absolute atomic E-state index is 0.351. The van der Waals surface area contributed by atoms with E-state index in [4.69, 9.17) is 0 Å². The first kappa shape index (κ1) is 21.5. The third kappa shape index (κ3) is 4.07. The molecule has 9 heteroatoms. The summed E-state index contributed by atoms with van der Waals surface area (Å²) in [6.45, 7) is 6.59. The second-order valence-electron chi connectivity index (χ2n) is 8.23. The summed E-state index contributed by atoms with van der Waals surface area (Å²) in [6, 6.07) is 13.8. The lowest BCUT2D eigenvalue weighted by molar-refractivity contribution is -0.147. The summed E-state index contributed by atoms with van der Waals surface area (Å²) < 4.78 is 0.539. The van der Waals surface area contributed by atoms with E-state index in [-0.39, 0.29) is 11.5 Å². The van der Waals surface area contributed by atoms with Gasteiger partial charge in [0.25, 0.3) is 0 Å². The van der Waals surface area contributed by atoms with Crippen molar-refractivity contribution in [3.05, 3.63) is 53.6 Å². The quantitative estimate of drug-likeness (QED) is 0.284. The van der Waals surface area contributed by atoms with Crippen molar-refractivity contribution < 1.29 is 9.90 Å². The van der Waals surface area contributed by atoms with Crippen LogP contribution in [0.2, 0.25) is 0 Å². The average Bonchev–Trinajstić information content (AvgIpc) is 3.14. The van der Waals surface area contributed by atoms with Gasteiger partial charge in [0.15, 0.2) is 6.04 Å². The Balaban J connectivity index is 1.43. The Kier molecular flexibility index (Phi) is 6.06. The van der Waals surface area contributed by atoms with Gasteiger partial charge >= 0.3 is 5.97 Å². The van der Waals surface area contributed by atoms with Crippen LogP contribution in [0.25, 0.3) is 0 Å². The molecule has 2 aromatic rings. The second kappa shape index (κ2) is 8.76. The number of nitrogens with zero attached hydrogens (tertiary/aromatic N) is 4. The molecule has 0 aliphatic carbocycles. The number of likely N-dealkylation sites (tertiary alicyclic amines) is 1. The number of anilines is 2. The molecule has 4 rings (SSSR count). The number of hydrogen-bond donors (Lipinski definition) is 4. The molecule has 1 saturated heterocycles. The highest BCUT2D eigenvalue weighted by atomic mass is 32.1. The molecule has 3 unspecified atom stereocenters. The van der Waals surface area contributed by atoms with Crippen molar-refractivity contribution in [3.63, 3.8) is 0 Å². The number of carbonyl (C=O) groups is 1. The molecule has 2 aliphatic heterocycles. The van der Waals surface area contributed by atoms with Gasteiger partial charge in [0, 0.05) is 29.8 Å². The molecule has 2 aromatic carbocycles. The maximum atomic E-state index is 12.0. The first-order chi connectivity index (χ1) is 14.9. The number of rotatable bonds is 8. The zero-order valence-corrected chi connectivity index (χ0v) is 18.7. The maximum Gasteiger partial charge on any atom is 0.363 e. The van der Waals surface area contributed by atoms with E-state index in [1.807, 2.05) is 30.3 Å². The van der Waals surface area contributed by atoms with E-state index in [1.165, 1.54) is 16.8 Å². The van der Waals surface area contributed by atoms with Crippen LogP contribution in [-0.4, -0.2) is 42.2 Å². The van der Waals surface area contributed by atoms with Crippen molar-refractivity contribution >= 4 is 35.7 Å². The lowest BCUT2D eigenvalue weighted by Crippen LogP contribution is -2.70. The molecule has 0 bridgehead atoms.